The maximum absolute atomic E-state index is 12.5. The number of amides is 2. The van der Waals surface area contributed by atoms with Crippen LogP contribution in [0.2, 0.25) is 0 Å². The van der Waals surface area contributed by atoms with Crippen molar-refractivity contribution in [2.45, 2.75) is 43.8 Å². The molecule has 7 nitrogen and oxygen atoms in total. The summed E-state index contributed by atoms with van der Waals surface area (Å²) in [5.41, 5.74) is 1.20. The number of aryl methyl sites for hydroxylation is 1. The van der Waals surface area contributed by atoms with Crippen LogP contribution in [-0.4, -0.2) is 33.2 Å². The van der Waals surface area contributed by atoms with Gasteiger partial charge in [-0.05, 0) is 31.9 Å². The summed E-state index contributed by atoms with van der Waals surface area (Å²) in [6.07, 6.45) is 5.62. The summed E-state index contributed by atoms with van der Waals surface area (Å²) in [7, 11) is 1.55. The smallest absolute Gasteiger partial charge is 0.266 e. The lowest BCUT2D eigenvalue weighted by Gasteiger charge is -2.12. The highest BCUT2D eigenvalue weighted by atomic mass is 32.2. The quantitative estimate of drug-likeness (QED) is 0.574. The topological polar surface area (TPSA) is 93.1 Å². The number of anilines is 1. The largest absolute Gasteiger partial charge is 0.353 e. The average Bonchev–Trinajstić information content (AvgIpc) is 3.17. The number of hydrogen-bond acceptors (Lipinski definition) is 5. The Morgan fingerprint density at radius 2 is 1.89 bits per heavy atom. The van der Waals surface area contributed by atoms with Crippen molar-refractivity contribution in [2.24, 2.45) is 7.05 Å². The van der Waals surface area contributed by atoms with Gasteiger partial charge in [-0.1, -0.05) is 42.3 Å². The number of nitrogens with one attached hydrogen (secondary N) is 2. The minimum Gasteiger partial charge on any atom is -0.353 e. The molecule has 8 heteroatoms. The zero-order chi connectivity index (χ0) is 20.1. The fourth-order valence-corrected chi connectivity index (χ4v) is 3.87. The number of thioether (sulfide) groups is 1. The normalized spacial score (nSPS) is 14.1. The van der Waals surface area contributed by atoms with Gasteiger partial charge in [0.25, 0.3) is 11.5 Å². The summed E-state index contributed by atoms with van der Waals surface area (Å²) in [4.78, 5) is 41.2. The van der Waals surface area contributed by atoms with Crippen molar-refractivity contribution < 1.29 is 9.59 Å². The van der Waals surface area contributed by atoms with Gasteiger partial charge in [-0.2, -0.15) is 0 Å². The number of benzene rings is 1. The zero-order valence-corrected chi connectivity index (χ0v) is 16.8. The van der Waals surface area contributed by atoms with E-state index in [9.17, 15) is 14.4 Å². The highest BCUT2D eigenvalue weighted by molar-refractivity contribution is 7.99. The third kappa shape index (κ3) is 5.01. The van der Waals surface area contributed by atoms with Crippen LogP contribution < -0.4 is 16.2 Å². The monoisotopic (exact) mass is 400 g/mol. The van der Waals surface area contributed by atoms with E-state index in [2.05, 4.69) is 15.6 Å². The van der Waals surface area contributed by atoms with E-state index in [0.717, 1.165) is 31.2 Å². The van der Waals surface area contributed by atoms with Gasteiger partial charge in [0.15, 0.2) is 5.16 Å². The van der Waals surface area contributed by atoms with Crippen LogP contribution in [0.1, 0.15) is 41.6 Å². The van der Waals surface area contributed by atoms with E-state index in [4.69, 9.17) is 0 Å². The summed E-state index contributed by atoms with van der Waals surface area (Å²) in [6, 6.07) is 7.57. The molecule has 1 aliphatic rings. The van der Waals surface area contributed by atoms with Crippen molar-refractivity contribution in [3.8, 4) is 0 Å². The Bertz CT molecular complexity index is 918. The van der Waals surface area contributed by atoms with E-state index in [-0.39, 0.29) is 23.3 Å². The van der Waals surface area contributed by atoms with Gasteiger partial charge in [-0.25, -0.2) is 4.98 Å². The molecule has 0 atom stereocenters. The number of aromatic nitrogens is 2. The van der Waals surface area contributed by atoms with E-state index in [1.807, 2.05) is 19.1 Å². The molecule has 0 bridgehead atoms. The van der Waals surface area contributed by atoms with Crippen LogP contribution in [0.5, 0.6) is 0 Å². The fraction of sp³-hybridized carbons (Fsp3) is 0.400. The Hall–Kier alpha value is -2.61. The van der Waals surface area contributed by atoms with Crippen LogP contribution in [0, 0.1) is 6.92 Å². The Morgan fingerprint density at radius 1 is 1.21 bits per heavy atom. The molecule has 1 heterocycles. The highest BCUT2D eigenvalue weighted by Gasteiger charge is 2.19. The van der Waals surface area contributed by atoms with Gasteiger partial charge in [-0.15, -0.1) is 0 Å². The van der Waals surface area contributed by atoms with Gasteiger partial charge < -0.3 is 10.6 Å². The number of nitrogens with zero attached hydrogens (tertiary/aromatic N) is 2. The standard InChI is InChI=1S/C20H24N4O3S/c1-13-7-9-15(10-8-13)23-18(26)16-11-21-20(24(2)19(16)27)28-12-17(25)22-14-5-3-4-6-14/h7-11,14H,3-6,12H2,1-2H3,(H,22,25)(H,23,26). The molecule has 148 valence electrons. The fourth-order valence-electron chi connectivity index (χ4n) is 3.12. The molecular formula is C20H24N4O3S. The first-order chi connectivity index (χ1) is 13.4. The van der Waals surface area contributed by atoms with Crippen LogP contribution in [0.4, 0.5) is 5.69 Å². The molecule has 2 N–H and O–H groups in total. The van der Waals surface area contributed by atoms with Crippen molar-refractivity contribution >= 4 is 29.3 Å². The molecule has 3 rings (SSSR count). The zero-order valence-electron chi connectivity index (χ0n) is 16.0. The number of carbonyl (C=O) groups is 2. The Morgan fingerprint density at radius 3 is 2.57 bits per heavy atom. The van der Waals surface area contributed by atoms with Gasteiger partial charge in [0.2, 0.25) is 5.91 Å². The minimum atomic E-state index is -0.507. The van der Waals surface area contributed by atoms with E-state index >= 15 is 0 Å². The Labute approximate surface area is 167 Å². The lowest BCUT2D eigenvalue weighted by atomic mass is 10.2. The first kappa shape index (κ1) is 20.1. The molecule has 1 aromatic heterocycles. The van der Waals surface area contributed by atoms with E-state index < -0.39 is 11.5 Å². The molecular weight excluding hydrogens is 376 g/mol. The van der Waals surface area contributed by atoms with E-state index in [1.54, 1.807) is 19.2 Å². The lowest BCUT2D eigenvalue weighted by Crippen LogP contribution is -2.34. The van der Waals surface area contributed by atoms with Gasteiger partial charge in [0.1, 0.15) is 5.56 Å². The molecule has 1 fully saturated rings. The van der Waals surface area contributed by atoms with Crippen molar-refractivity contribution in [3.63, 3.8) is 0 Å². The molecule has 0 radical (unpaired) electrons. The third-order valence-corrected chi connectivity index (χ3v) is 5.78. The molecule has 0 saturated heterocycles. The molecule has 0 unspecified atom stereocenters. The first-order valence-electron chi connectivity index (χ1n) is 9.30. The van der Waals surface area contributed by atoms with Crippen molar-refractivity contribution in [2.75, 3.05) is 11.1 Å². The van der Waals surface area contributed by atoms with Crippen LogP contribution in [-0.2, 0) is 11.8 Å². The third-order valence-electron chi connectivity index (χ3n) is 4.73. The first-order valence-corrected chi connectivity index (χ1v) is 10.3. The molecule has 28 heavy (non-hydrogen) atoms. The summed E-state index contributed by atoms with van der Waals surface area (Å²) in [5.74, 6) is -0.383. The van der Waals surface area contributed by atoms with Gasteiger partial charge in [0.05, 0.1) is 5.75 Å². The van der Waals surface area contributed by atoms with Gasteiger partial charge in [-0.3, -0.25) is 19.0 Å². The van der Waals surface area contributed by atoms with Crippen LogP contribution in [0.15, 0.2) is 40.4 Å². The lowest BCUT2D eigenvalue weighted by molar-refractivity contribution is -0.119. The van der Waals surface area contributed by atoms with Gasteiger partial charge in [0, 0.05) is 25.0 Å². The Balaban J connectivity index is 1.63. The summed E-state index contributed by atoms with van der Waals surface area (Å²) >= 11 is 1.19. The molecule has 2 aromatic rings. The predicted octanol–water partition coefficient (Wildman–Crippen LogP) is 2.49. The minimum absolute atomic E-state index is 0.0390. The van der Waals surface area contributed by atoms with Crippen LogP contribution in [0.25, 0.3) is 0 Å². The maximum atomic E-state index is 12.5. The highest BCUT2D eigenvalue weighted by Crippen LogP contribution is 2.18. The number of carbonyl (C=O) groups excluding carboxylic acids is 2. The second-order valence-corrected chi connectivity index (χ2v) is 7.92. The predicted molar refractivity (Wildman–Crippen MR) is 110 cm³/mol. The second-order valence-electron chi connectivity index (χ2n) is 6.98. The van der Waals surface area contributed by atoms with Crippen molar-refractivity contribution in [3.05, 3.63) is 51.9 Å². The average molecular weight is 401 g/mol. The van der Waals surface area contributed by atoms with Crippen LogP contribution >= 0.6 is 11.8 Å². The molecule has 1 aromatic carbocycles. The SMILES string of the molecule is Cc1ccc(NC(=O)c2cnc(SCC(=O)NC3CCCC3)n(C)c2=O)cc1. The Kier molecular flexibility index (Phi) is 6.51. The summed E-state index contributed by atoms with van der Waals surface area (Å²) in [6.45, 7) is 1.95. The summed E-state index contributed by atoms with van der Waals surface area (Å²) < 4.78 is 1.30. The van der Waals surface area contributed by atoms with E-state index in [0.29, 0.717) is 10.8 Å². The van der Waals surface area contributed by atoms with Crippen molar-refractivity contribution in [1.29, 1.82) is 0 Å². The van der Waals surface area contributed by atoms with Crippen LogP contribution in [0.3, 0.4) is 0 Å². The number of hydrogen-bond donors (Lipinski definition) is 2. The molecule has 0 spiro atoms. The van der Waals surface area contributed by atoms with E-state index in [1.165, 1.54) is 22.5 Å². The maximum Gasteiger partial charge on any atom is 0.266 e. The summed E-state index contributed by atoms with van der Waals surface area (Å²) in [5, 5.41) is 6.11. The molecule has 2 amide bonds. The second kappa shape index (κ2) is 9.05. The van der Waals surface area contributed by atoms with Crippen molar-refractivity contribution in [1.82, 2.24) is 14.9 Å². The molecule has 0 aliphatic heterocycles. The number of rotatable bonds is 6. The molecule has 1 aliphatic carbocycles. The van der Waals surface area contributed by atoms with Gasteiger partial charge >= 0.3 is 0 Å². The molecule has 1 saturated carbocycles.